The fourth-order valence-electron chi connectivity index (χ4n) is 4.06. The maximum Gasteiger partial charge on any atom is 0.325 e. The van der Waals surface area contributed by atoms with Gasteiger partial charge in [0.05, 0.1) is 19.9 Å². The van der Waals surface area contributed by atoms with Gasteiger partial charge in [-0.15, -0.1) is 11.3 Å². The van der Waals surface area contributed by atoms with Gasteiger partial charge >= 0.3 is 6.03 Å². The van der Waals surface area contributed by atoms with Gasteiger partial charge in [0.25, 0.3) is 5.91 Å². The van der Waals surface area contributed by atoms with Crippen molar-refractivity contribution in [3.05, 3.63) is 23.6 Å². The monoisotopic (exact) mass is 444 g/mol. The number of rotatable bonds is 7. The highest BCUT2D eigenvalue weighted by Crippen LogP contribution is 2.36. The molecule has 10 heteroatoms. The maximum absolute atomic E-state index is 12.7. The first kappa shape index (κ1) is 21.1. The van der Waals surface area contributed by atoms with Crippen LogP contribution in [0.3, 0.4) is 0 Å². The van der Waals surface area contributed by atoms with Gasteiger partial charge in [0.1, 0.15) is 17.0 Å². The van der Waals surface area contributed by atoms with Crippen molar-refractivity contribution in [1.29, 1.82) is 0 Å². The number of carbonyl (C=O) groups is 3. The second-order valence-electron chi connectivity index (χ2n) is 7.58. The normalized spacial score (nSPS) is 17.2. The second-order valence-corrected chi connectivity index (χ2v) is 8.44. The van der Waals surface area contributed by atoms with Crippen molar-refractivity contribution in [2.24, 2.45) is 0 Å². The molecule has 2 N–H and O–H groups in total. The number of thiazole rings is 1. The van der Waals surface area contributed by atoms with Crippen molar-refractivity contribution in [2.45, 2.75) is 37.6 Å². The van der Waals surface area contributed by atoms with E-state index in [-0.39, 0.29) is 24.8 Å². The van der Waals surface area contributed by atoms with E-state index < -0.39 is 11.6 Å². The van der Waals surface area contributed by atoms with Crippen LogP contribution in [0.1, 0.15) is 32.1 Å². The second kappa shape index (κ2) is 8.54. The summed E-state index contributed by atoms with van der Waals surface area (Å²) in [6.45, 7) is 0.0419. The summed E-state index contributed by atoms with van der Waals surface area (Å²) in [4.78, 5) is 42.9. The largest absolute Gasteiger partial charge is 0.497 e. The van der Waals surface area contributed by atoms with Crippen LogP contribution in [0.2, 0.25) is 0 Å². The van der Waals surface area contributed by atoms with Crippen LogP contribution < -0.4 is 20.1 Å². The van der Waals surface area contributed by atoms with Crippen LogP contribution in [0.25, 0.3) is 11.3 Å². The van der Waals surface area contributed by atoms with Gasteiger partial charge in [-0.05, 0) is 31.0 Å². The van der Waals surface area contributed by atoms with Crippen LogP contribution in [0.15, 0.2) is 23.6 Å². The van der Waals surface area contributed by atoms with Gasteiger partial charge in [0.2, 0.25) is 5.91 Å². The minimum Gasteiger partial charge on any atom is -0.497 e. The summed E-state index contributed by atoms with van der Waals surface area (Å²) in [5.74, 6) is 0.780. The molecule has 4 amide bonds. The molecule has 1 aromatic carbocycles. The van der Waals surface area contributed by atoms with Crippen LogP contribution in [0, 0.1) is 0 Å². The molecular weight excluding hydrogens is 420 g/mol. The molecule has 1 saturated heterocycles. The van der Waals surface area contributed by atoms with Crippen LogP contribution >= 0.6 is 11.3 Å². The average molecular weight is 445 g/mol. The number of hydrogen-bond donors (Lipinski definition) is 2. The summed E-state index contributed by atoms with van der Waals surface area (Å²) in [6, 6.07) is 4.99. The number of anilines is 1. The van der Waals surface area contributed by atoms with Gasteiger partial charge in [0.15, 0.2) is 5.13 Å². The van der Waals surface area contributed by atoms with Crippen molar-refractivity contribution in [1.82, 2.24) is 15.2 Å². The lowest BCUT2D eigenvalue weighted by Crippen LogP contribution is -2.44. The number of hydrogen-bond acceptors (Lipinski definition) is 7. The first-order valence-electron chi connectivity index (χ1n) is 10.1. The zero-order chi connectivity index (χ0) is 22.0. The number of carbonyl (C=O) groups excluding carboxylic acids is 3. The fraction of sp³-hybridized carbons (Fsp3) is 0.429. The Bertz CT molecular complexity index is 1010. The van der Waals surface area contributed by atoms with E-state index in [0.717, 1.165) is 23.3 Å². The summed E-state index contributed by atoms with van der Waals surface area (Å²) < 4.78 is 10.7. The Morgan fingerprint density at radius 3 is 2.74 bits per heavy atom. The zero-order valence-corrected chi connectivity index (χ0v) is 18.2. The molecule has 0 bridgehead atoms. The molecule has 2 aromatic rings. The lowest BCUT2D eigenvalue weighted by Gasteiger charge is -2.19. The highest BCUT2D eigenvalue weighted by Gasteiger charge is 2.52. The Hall–Kier alpha value is -3.14. The van der Waals surface area contributed by atoms with Gasteiger partial charge in [-0.1, -0.05) is 12.8 Å². The Balaban J connectivity index is 1.38. The molecule has 1 aliphatic heterocycles. The molecule has 164 valence electrons. The molecule has 2 fully saturated rings. The van der Waals surface area contributed by atoms with Gasteiger partial charge in [-0.2, -0.15) is 0 Å². The van der Waals surface area contributed by atoms with E-state index in [9.17, 15) is 14.4 Å². The van der Waals surface area contributed by atoms with Crippen LogP contribution in [0.5, 0.6) is 11.5 Å². The van der Waals surface area contributed by atoms with E-state index in [4.69, 9.17) is 9.47 Å². The summed E-state index contributed by atoms with van der Waals surface area (Å²) in [7, 11) is 3.16. The summed E-state index contributed by atoms with van der Waals surface area (Å²) in [5, 5.41) is 7.80. The molecule has 0 radical (unpaired) electrons. The van der Waals surface area contributed by atoms with Crippen molar-refractivity contribution in [2.75, 3.05) is 26.1 Å². The quantitative estimate of drug-likeness (QED) is 0.636. The van der Waals surface area contributed by atoms with Crippen molar-refractivity contribution >= 4 is 34.3 Å². The molecule has 1 aromatic heterocycles. The first-order valence-corrected chi connectivity index (χ1v) is 11.0. The van der Waals surface area contributed by atoms with E-state index in [1.165, 1.54) is 11.3 Å². The van der Waals surface area contributed by atoms with Crippen LogP contribution in [-0.4, -0.2) is 54.0 Å². The van der Waals surface area contributed by atoms with Gasteiger partial charge in [-0.25, -0.2) is 9.78 Å². The molecule has 31 heavy (non-hydrogen) atoms. The third-order valence-electron chi connectivity index (χ3n) is 5.70. The van der Waals surface area contributed by atoms with E-state index in [1.807, 2.05) is 11.4 Å². The smallest absolute Gasteiger partial charge is 0.325 e. The molecule has 2 heterocycles. The van der Waals surface area contributed by atoms with Crippen molar-refractivity contribution in [3.63, 3.8) is 0 Å². The minimum atomic E-state index is -0.756. The predicted octanol–water partition coefficient (Wildman–Crippen LogP) is 3.02. The number of urea groups is 1. The standard InChI is InChI=1S/C21H24N4O5S/c1-29-13-5-6-16(30-2)14(11-13)15-12-31-19(22-15)23-17(26)7-10-25-18(27)21(24-20(25)28)8-3-4-9-21/h5-6,11-12H,3-4,7-10H2,1-2H3,(H,24,28)(H,22,23,26). The Kier molecular flexibility index (Phi) is 5.81. The number of nitrogens with zero attached hydrogens (tertiary/aromatic N) is 2. The van der Waals surface area contributed by atoms with Crippen molar-refractivity contribution in [3.8, 4) is 22.8 Å². The lowest BCUT2D eigenvalue weighted by molar-refractivity contribution is -0.131. The van der Waals surface area contributed by atoms with E-state index >= 15 is 0 Å². The summed E-state index contributed by atoms with van der Waals surface area (Å²) >= 11 is 1.28. The van der Waals surface area contributed by atoms with Crippen LogP contribution in [-0.2, 0) is 9.59 Å². The van der Waals surface area contributed by atoms with Gasteiger partial charge in [-0.3, -0.25) is 14.5 Å². The molecule has 9 nitrogen and oxygen atoms in total. The maximum atomic E-state index is 12.7. The Morgan fingerprint density at radius 1 is 1.26 bits per heavy atom. The molecule has 2 aliphatic rings. The Labute approximate surface area is 183 Å². The third-order valence-corrected chi connectivity index (χ3v) is 6.46. The number of ether oxygens (including phenoxy) is 2. The topological polar surface area (TPSA) is 110 Å². The molecular formula is C21H24N4O5S. The van der Waals surface area contributed by atoms with Crippen LogP contribution in [0.4, 0.5) is 9.93 Å². The molecule has 1 aliphatic carbocycles. The fourth-order valence-corrected chi connectivity index (χ4v) is 4.79. The highest BCUT2D eigenvalue weighted by molar-refractivity contribution is 7.14. The van der Waals surface area contributed by atoms with E-state index in [0.29, 0.717) is 35.2 Å². The number of imide groups is 1. The lowest BCUT2D eigenvalue weighted by atomic mass is 9.98. The number of methoxy groups -OCH3 is 2. The molecule has 0 atom stereocenters. The predicted molar refractivity (Wildman–Crippen MR) is 115 cm³/mol. The van der Waals surface area contributed by atoms with E-state index in [1.54, 1.807) is 26.4 Å². The van der Waals surface area contributed by atoms with Crippen molar-refractivity contribution < 1.29 is 23.9 Å². The average Bonchev–Trinajstić information content (AvgIpc) is 3.48. The molecule has 1 spiro atoms. The number of benzene rings is 1. The summed E-state index contributed by atoms with van der Waals surface area (Å²) in [5.41, 5.74) is 0.640. The SMILES string of the molecule is COc1ccc(OC)c(-c2csc(NC(=O)CCN3C(=O)NC4(CCCC4)C3=O)n2)c1. The third kappa shape index (κ3) is 4.07. The zero-order valence-electron chi connectivity index (χ0n) is 17.4. The van der Waals surface area contributed by atoms with Gasteiger partial charge < -0.3 is 20.1 Å². The highest BCUT2D eigenvalue weighted by atomic mass is 32.1. The number of aromatic nitrogens is 1. The van der Waals surface area contributed by atoms with Gasteiger partial charge in [0, 0.05) is 23.9 Å². The number of nitrogens with one attached hydrogen (secondary N) is 2. The molecule has 0 unspecified atom stereocenters. The molecule has 4 rings (SSSR count). The summed E-state index contributed by atoms with van der Waals surface area (Å²) in [6.07, 6.45) is 3.17. The first-order chi connectivity index (χ1) is 15.0. The number of amides is 4. The van der Waals surface area contributed by atoms with E-state index in [2.05, 4.69) is 15.6 Å². The molecule has 1 saturated carbocycles. The Morgan fingerprint density at radius 2 is 2.03 bits per heavy atom. The minimum absolute atomic E-state index is 0.00658.